The lowest BCUT2D eigenvalue weighted by Gasteiger charge is -2.25. The van der Waals surface area contributed by atoms with Gasteiger partial charge in [0.05, 0.1) is 26.4 Å². The molecule has 4 heteroatoms. The normalized spacial score (nSPS) is 16.8. The number of carbonyl (C=O) groups excluding carboxylic acids is 1. The molecular formula is C10H21NO3. The lowest BCUT2D eigenvalue weighted by Crippen LogP contribution is -2.40. The van der Waals surface area contributed by atoms with Crippen LogP contribution in [0, 0.1) is 0 Å². The molecule has 0 saturated carbocycles. The molecular weight excluding hydrogens is 182 g/mol. The zero-order chi connectivity index (χ0) is 10.8. The summed E-state index contributed by atoms with van der Waals surface area (Å²) in [5.74, 6) is -0.139. The SMILES string of the molecule is CC.CCOC(=O)CN1CCOCC1. The third-order valence-electron chi connectivity index (χ3n) is 1.76. The van der Waals surface area contributed by atoms with E-state index in [2.05, 4.69) is 0 Å². The van der Waals surface area contributed by atoms with Crippen LogP contribution in [0.25, 0.3) is 0 Å². The van der Waals surface area contributed by atoms with Crippen molar-refractivity contribution in [2.45, 2.75) is 20.8 Å². The molecule has 0 radical (unpaired) electrons. The Morgan fingerprint density at radius 1 is 1.36 bits per heavy atom. The number of ether oxygens (including phenoxy) is 2. The van der Waals surface area contributed by atoms with E-state index in [1.165, 1.54) is 0 Å². The fourth-order valence-corrected chi connectivity index (χ4v) is 1.15. The van der Waals surface area contributed by atoms with Gasteiger partial charge >= 0.3 is 5.97 Å². The zero-order valence-corrected chi connectivity index (χ0v) is 9.41. The summed E-state index contributed by atoms with van der Waals surface area (Å²) in [6.45, 7) is 9.79. The van der Waals surface area contributed by atoms with Gasteiger partial charge in [-0.1, -0.05) is 13.8 Å². The minimum Gasteiger partial charge on any atom is -0.465 e. The number of hydrogen-bond donors (Lipinski definition) is 0. The first-order chi connectivity index (χ1) is 6.83. The highest BCUT2D eigenvalue weighted by atomic mass is 16.5. The van der Waals surface area contributed by atoms with Crippen molar-refractivity contribution in [3.63, 3.8) is 0 Å². The van der Waals surface area contributed by atoms with E-state index >= 15 is 0 Å². The molecule has 0 spiro atoms. The number of morpholine rings is 1. The van der Waals surface area contributed by atoms with Gasteiger partial charge in [0.2, 0.25) is 0 Å². The second-order valence-electron chi connectivity index (χ2n) is 2.69. The molecule has 0 N–H and O–H groups in total. The molecule has 1 fully saturated rings. The Morgan fingerprint density at radius 3 is 2.43 bits per heavy atom. The fraction of sp³-hybridized carbons (Fsp3) is 0.900. The van der Waals surface area contributed by atoms with Crippen molar-refractivity contribution in [3.8, 4) is 0 Å². The van der Waals surface area contributed by atoms with Crippen molar-refractivity contribution >= 4 is 5.97 Å². The molecule has 14 heavy (non-hydrogen) atoms. The maximum absolute atomic E-state index is 11.0. The second kappa shape index (κ2) is 8.97. The first-order valence-electron chi connectivity index (χ1n) is 5.28. The van der Waals surface area contributed by atoms with Crippen LogP contribution in [0.4, 0.5) is 0 Å². The van der Waals surface area contributed by atoms with Gasteiger partial charge < -0.3 is 9.47 Å². The highest BCUT2D eigenvalue weighted by Crippen LogP contribution is 1.96. The van der Waals surface area contributed by atoms with Gasteiger partial charge in [-0.3, -0.25) is 9.69 Å². The van der Waals surface area contributed by atoms with Crippen LogP contribution in [-0.4, -0.2) is 50.3 Å². The zero-order valence-electron chi connectivity index (χ0n) is 9.41. The molecule has 1 aliphatic heterocycles. The number of rotatable bonds is 3. The number of esters is 1. The minimum absolute atomic E-state index is 0.139. The Labute approximate surface area is 86.2 Å². The van der Waals surface area contributed by atoms with Crippen LogP contribution in [0.2, 0.25) is 0 Å². The van der Waals surface area contributed by atoms with Crippen molar-refractivity contribution in [3.05, 3.63) is 0 Å². The Morgan fingerprint density at radius 2 is 1.93 bits per heavy atom. The molecule has 1 rings (SSSR count). The van der Waals surface area contributed by atoms with Gasteiger partial charge in [0.15, 0.2) is 0 Å². The average molecular weight is 203 g/mol. The molecule has 84 valence electrons. The van der Waals surface area contributed by atoms with Crippen LogP contribution in [0.15, 0.2) is 0 Å². The van der Waals surface area contributed by atoms with Gasteiger partial charge in [-0.15, -0.1) is 0 Å². The summed E-state index contributed by atoms with van der Waals surface area (Å²) in [5, 5.41) is 0. The van der Waals surface area contributed by atoms with Crippen molar-refractivity contribution in [1.82, 2.24) is 4.90 Å². The van der Waals surface area contributed by atoms with E-state index < -0.39 is 0 Å². The van der Waals surface area contributed by atoms with Crippen molar-refractivity contribution in [2.75, 3.05) is 39.5 Å². The van der Waals surface area contributed by atoms with Crippen molar-refractivity contribution in [2.24, 2.45) is 0 Å². The van der Waals surface area contributed by atoms with E-state index in [1.807, 2.05) is 25.7 Å². The minimum atomic E-state index is -0.139. The van der Waals surface area contributed by atoms with Gasteiger partial charge in [0, 0.05) is 13.1 Å². The van der Waals surface area contributed by atoms with Gasteiger partial charge in [0.25, 0.3) is 0 Å². The summed E-state index contributed by atoms with van der Waals surface area (Å²) in [7, 11) is 0. The maximum atomic E-state index is 11.0. The molecule has 0 amide bonds. The lowest BCUT2D eigenvalue weighted by atomic mass is 10.4. The Balaban J connectivity index is 0.000000791. The van der Waals surface area contributed by atoms with E-state index in [-0.39, 0.29) is 5.97 Å². The van der Waals surface area contributed by atoms with Crippen LogP contribution in [0.3, 0.4) is 0 Å². The molecule has 0 aliphatic carbocycles. The summed E-state index contributed by atoms with van der Waals surface area (Å²) in [6.07, 6.45) is 0. The topological polar surface area (TPSA) is 38.8 Å². The third-order valence-corrected chi connectivity index (χ3v) is 1.76. The maximum Gasteiger partial charge on any atom is 0.320 e. The molecule has 1 aliphatic rings. The molecule has 0 aromatic heterocycles. The number of nitrogens with zero attached hydrogens (tertiary/aromatic N) is 1. The Kier molecular flexibility index (Phi) is 8.57. The lowest BCUT2D eigenvalue weighted by molar-refractivity contribution is -0.145. The van der Waals surface area contributed by atoms with Gasteiger partial charge in [-0.2, -0.15) is 0 Å². The highest BCUT2D eigenvalue weighted by molar-refractivity contribution is 5.71. The van der Waals surface area contributed by atoms with E-state index in [0.29, 0.717) is 13.2 Å². The van der Waals surface area contributed by atoms with E-state index in [9.17, 15) is 4.79 Å². The third kappa shape index (κ3) is 5.94. The van der Waals surface area contributed by atoms with Crippen molar-refractivity contribution < 1.29 is 14.3 Å². The van der Waals surface area contributed by atoms with Crippen LogP contribution < -0.4 is 0 Å². The molecule has 0 unspecified atom stereocenters. The number of hydrogen-bond acceptors (Lipinski definition) is 4. The summed E-state index contributed by atoms with van der Waals surface area (Å²) in [6, 6.07) is 0. The predicted octanol–water partition coefficient (Wildman–Crippen LogP) is 0.908. The van der Waals surface area contributed by atoms with E-state index in [0.717, 1.165) is 26.3 Å². The van der Waals surface area contributed by atoms with Gasteiger partial charge in [-0.25, -0.2) is 0 Å². The van der Waals surface area contributed by atoms with Crippen LogP contribution in [0.5, 0.6) is 0 Å². The van der Waals surface area contributed by atoms with E-state index in [4.69, 9.17) is 9.47 Å². The largest absolute Gasteiger partial charge is 0.465 e. The molecule has 4 nitrogen and oxygen atoms in total. The molecule has 0 aromatic rings. The molecule has 1 heterocycles. The summed E-state index contributed by atoms with van der Waals surface area (Å²) < 4.78 is 9.97. The number of carbonyl (C=O) groups is 1. The second-order valence-corrected chi connectivity index (χ2v) is 2.69. The Hall–Kier alpha value is -0.610. The molecule has 0 aromatic carbocycles. The Bertz CT molecular complexity index is 144. The smallest absolute Gasteiger partial charge is 0.320 e. The van der Waals surface area contributed by atoms with Gasteiger partial charge in [0.1, 0.15) is 0 Å². The molecule has 1 saturated heterocycles. The summed E-state index contributed by atoms with van der Waals surface area (Å²) >= 11 is 0. The highest BCUT2D eigenvalue weighted by Gasteiger charge is 2.13. The first kappa shape index (κ1) is 13.4. The van der Waals surface area contributed by atoms with Gasteiger partial charge in [-0.05, 0) is 6.92 Å². The molecule has 0 bridgehead atoms. The first-order valence-corrected chi connectivity index (χ1v) is 5.28. The average Bonchev–Trinajstić information content (AvgIpc) is 2.22. The van der Waals surface area contributed by atoms with Crippen molar-refractivity contribution in [1.29, 1.82) is 0 Å². The molecule has 0 atom stereocenters. The van der Waals surface area contributed by atoms with E-state index in [1.54, 1.807) is 0 Å². The van der Waals surface area contributed by atoms with Crippen LogP contribution >= 0.6 is 0 Å². The summed E-state index contributed by atoms with van der Waals surface area (Å²) in [5.41, 5.74) is 0. The fourth-order valence-electron chi connectivity index (χ4n) is 1.15. The quantitative estimate of drug-likeness (QED) is 0.639. The monoisotopic (exact) mass is 203 g/mol. The summed E-state index contributed by atoms with van der Waals surface area (Å²) in [4.78, 5) is 13.0. The predicted molar refractivity (Wildman–Crippen MR) is 55.2 cm³/mol. The van der Waals surface area contributed by atoms with Crippen LogP contribution in [-0.2, 0) is 14.3 Å². The van der Waals surface area contributed by atoms with Crippen LogP contribution in [0.1, 0.15) is 20.8 Å². The standard InChI is InChI=1S/C8H15NO3.C2H6/c1-2-12-8(10)7-9-3-5-11-6-4-9;1-2/h2-7H2,1H3;1-2H3.